The number of nitrogens with zero attached hydrogens (tertiary/aromatic N) is 1. The molecule has 2 amide bonds. The molecule has 6 heteroatoms. The van der Waals surface area contributed by atoms with Gasteiger partial charge in [-0.3, -0.25) is 9.59 Å². The second kappa shape index (κ2) is 6.90. The van der Waals surface area contributed by atoms with E-state index in [1.807, 2.05) is 6.07 Å². The van der Waals surface area contributed by atoms with Crippen LogP contribution in [0.1, 0.15) is 12.0 Å². The fourth-order valence-corrected chi connectivity index (χ4v) is 1.75. The van der Waals surface area contributed by atoms with Gasteiger partial charge >= 0.3 is 0 Å². The van der Waals surface area contributed by atoms with Crippen LogP contribution in [-0.4, -0.2) is 11.8 Å². The zero-order chi connectivity index (χ0) is 15.9. The van der Waals surface area contributed by atoms with E-state index in [-0.39, 0.29) is 6.42 Å². The largest absolute Gasteiger partial charge is 0.399 e. The van der Waals surface area contributed by atoms with Crippen LogP contribution in [0.15, 0.2) is 48.5 Å². The van der Waals surface area contributed by atoms with E-state index in [0.717, 1.165) is 0 Å². The molecule has 2 aromatic rings. The van der Waals surface area contributed by atoms with E-state index in [1.165, 1.54) is 0 Å². The van der Waals surface area contributed by atoms with Gasteiger partial charge in [-0.1, -0.05) is 0 Å². The van der Waals surface area contributed by atoms with E-state index in [4.69, 9.17) is 11.0 Å². The molecule has 4 N–H and O–H groups in total. The Bertz CT molecular complexity index is 715. The summed E-state index contributed by atoms with van der Waals surface area (Å²) in [5.41, 5.74) is 7.75. The van der Waals surface area contributed by atoms with Crippen LogP contribution in [-0.2, 0) is 9.59 Å². The lowest BCUT2D eigenvalue weighted by Gasteiger charge is -2.07. The summed E-state index contributed by atoms with van der Waals surface area (Å²) >= 11 is 0. The Balaban J connectivity index is 1.86. The summed E-state index contributed by atoms with van der Waals surface area (Å²) in [6, 6.07) is 15.0. The maximum Gasteiger partial charge on any atom is 0.233 e. The van der Waals surface area contributed by atoms with E-state index < -0.39 is 11.8 Å². The van der Waals surface area contributed by atoms with Gasteiger partial charge in [0.15, 0.2) is 0 Å². The molecule has 0 aliphatic rings. The number of amides is 2. The van der Waals surface area contributed by atoms with Crippen molar-refractivity contribution in [2.24, 2.45) is 0 Å². The number of nitrogens with one attached hydrogen (secondary N) is 2. The summed E-state index contributed by atoms with van der Waals surface area (Å²) in [5.74, 6) is -0.853. The fourth-order valence-electron chi connectivity index (χ4n) is 1.75. The summed E-state index contributed by atoms with van der Waals surface area (Å²) in [4.78, 5) is 23.5. The molecule has 0 bridgehead atoms. The van der Waals surface area contributed by atoms with Crippen molar-refractivity contribution in [3.63, 3.8) is 0 Å². The monoisotopic (exact) mass is 294 g/mol. The molecule has 0 saturated heterocycles. The van der Waals surface area contributed by atoms with Crippen molar-refractivity contribution in [3.05, 3.63) is 54.1 Å². The van der Waals surface area contributed by atoms with Gasteiger partial charge in [0.1, 0.15) is 6.42 Å². The maximum absolute atomic E-state index is 11.8. The standard InChI is InChI=1S/C16H14N4O2/c17-10-11-1-5-13(6-2-11)19-15(21)9-16(22)20-14-7-3-12(18)4-8-14/h1-8H,9,18H2,(H,19,21)(H,20,22). The number of nitrogens with two attached hydrogens (primary N) is 1. The Morgan fingerprint density at radius 2 is 1.36 bits per heavy atom. The Hall–Kier alpha value is -3.33. The highest BCUT2D eigenvalue weighted by molar-refractivity contribution is 6.08. The summed E-state index contributed by atoms with van der Waals surface area (Å²) in [7, 11) is 0. The number of nitriles is 1. The summed E-state index contributed by atoms with van der Waals surface area (Å²) < 4.78 is 0. The van der Waals surface area contributed by atoms with E-state index in [9.17, 15) is 9.59 Å². The molecule has 110 valence electrons. The molecule has 0 aliphatic heterocycles. The first kappa shape index (κ1) is 15.1. The number of anilines is 3. The molecule has 22 heavy (non-hydrogen) atoms. The van der Waals surface area contributed by atoms with Gasteiger partial charge in [0.05, 0.1) is 11.6 Å². The fraction of sp³-hybridized carbons (Fsp3) is 0.0625. The Kier molecular flexibility index (Phi) is 4.73. The third-order valence-electron chi connectivity index (χ3n) is 2.81. The highest BCUT2D eigenvalue weighted by Crippen LogP contribution is 2.12. The Labute approximate surface area is 127 Å². The van der Waals surface area contributed by atoms with E-state index >= 15 is 0 Å². The molecule has 0 aliphatic carbocycles. The van der Waals surface area contributed by atoms with Crippen molar-refractivity contribution in [2.45, 2.75) is 6.42 Å². The number of nitrogen functional groups attached to an aromatic ring is 1. The number of hydrogen-bond acceptors (Lipinski definition) is 4. The molecule has 2 aromatic carbocycles. The van der Waals surface area contributed by atoms with Gasteiger partial charge in [0.25, 0.3) is 0 Å². The molecule has 0 saturated carbocycles. The van der Waals surface area contributed by atoms with E-state index in [2.05, 4.69) is 10.6 Å². The van der Waals surface area contributed by atoms with Crippen LogP contribution in [0.2, 0.25) is 0 Å². The van der Waals surface area contributed by atoms with Crippen LogP contribution in [0.5, 0.6) is 0 Å². The number of hydrogen-bond donors (Lipinski definition) is 3. The quantitative estimate of drug-likeness (QED) is 0.592. The predicted octanol–water partition coefficient (Wildman–Crippen LogP) is 2.11. The van der Waals surface area contributed by atoms with Gasteiger partial charge in [-0.25, -0.2) is 0 Å². The zero-order valence-electron chi connectivity index (χ0n) is 11.7. The molecule has 2 rings (SSSR count). The third-order valence-corrected chi connectivity index (χ3v) is 2.81. The minimum absolute atomic E-state index is 0.301. The molecule has 0 spiro atoms. The average Bonchev–Trinajstić information content (AvgIpc) is 2.50. The average molecular weight is 294 g/mol. The normalized spacial score (nSPS) is 9.59. The zero-order valence-corrected chi connectivity index (χ0v) is 11.7. The molecule has 0 radical (unpaired) electrons. The van der Waals surface area contributed by atoms with Crippen LogP contribution in [0, 0.1) is 11.3 Å². The van der Waals surface area contributed by atoms with Crippen LogP contribution >= 0.6 is 0 Å². The second-order valence-electron chi connectivity index (χ2n) is 4.58. The van der Waals surface area contributed by atoms with E-state index in [0.29, 0.717) is 22.6 Å². The molecule has 0 aromatic heterocycles. The Morgan fingerprint density at radius 1 is 0.909 bits per heavy atom. The highest BCUT2D eigenvalue weighted by Gasteiger charge is 2.10. The van der Waals surface area contributed by atoms with E-state index in [1.54, 1.807) is 48.5 Å². The van der Waals surface area contributed by atoms with Crippen LogP contribution < -0.4 is 16.4 Å². The molecule has 0 atom stereocenters. The maximum atomic E-state index is 11.8. The molecular formula is C16H14N4O2. The van der Waals surface area contributed by atoms with Gasteiger partial charge in [-0.2, -0.15) is 5.26 Å². The second-order valence-corrected chi connectivity index (χ2v) is 4.58. The first-order valence-corrected chi connectivity index (χ1v) is 6.52. The van der Waals surface area contributed by atoms with Gasteiger partial charge in [-0.15, -0.1) is 0 Å². The van der Waals surface area contributed by atoms with Crippen LogP contribution in [0.25, 0.3) is 0 Å². The van der Waals surface area contributed by atoms with Crippen LogP contribution in [0.4, 0.5) is 17.1 Å². The summed E-state index contributed by atoms with van der Waals surface area (Å²) in [6.45, 7) is 0. The predicted molar refractivity (Wildman–Crippen MR) is 83.9 cm³/mol. The molecule has 6 nitrogen and oxygen atoms in total. The molecule has 0 heterocycles. The SMILES string of the molecule is N#Cc1ccc(NC(=O)CC(=O)Nc2ccc(N)cc2)cc1. The lowest BCUT2D eigenvalue weighted by atomic mass is 10.2. The third kappa shape index (κ3) is 4.35. The minimum Gasteiger partial charge on any atom is -0.399 e. The molecular weight excluding hydrogens is 280 g/mol. The summed E-state index contributed by atoms with van der Waals surface area (Å²) in [6.07, 6.45) is -0.301. The van der Waals surface area contributed by atoms with Gasteiger partial charge in [0, 0.05) is 17.1 Å². The van der Waals surface area contributed by atoms with Gasteiger partial charge in [-0.05, 0) is 48.5 Å². The smallest absolute Gasteiger partial charge is 0.233 e. The van der Waals surface area contributed by atoms with Crippen molar-refractivity contribution in [1.82, 2.24) is 0 Å². The summed E-state index contributed by atoms with van der Waals surface area (Å²) in [5, 5.41) is 13.9. The Morgan fingerprint density at radius 3 is 1.82 bits per heavy atom. The molecule has 0 fully saturated rings. The lowest BCUT2D eigenvalue weighted by molar-refractivity contribution is -0.123. The van der Waals surface area contributed by atoms with Gasteiger partial charge in [0.2, 0.25) is 11.8 Å². The van der Waals surface area contributed by atoms with Crippen molar-refractivity contribution in [3.8, 4) is 6.07 Å². The topological polar surface area (TPSA) is 108 Å². The number of carbonyl (C=O) groups is 2. The van der Waals surface area contributed by atoms with Crippen molar-refractivity contribution in [1.29, 1.82) is 5.26 Å². The number of benzene rings is 2. The minimum atomic E-state index is -0.433. The first-order chi connectivity index (χ1) is 10.6. The number of carbonyl (C=O) groups excluding carboxylic acids is 2. The highest BCUT2D eigenvalue weighted by atomic mass is 16.2. The molecule has 0 unspecified atom stereocenters. The lowest BCUT2D eigenvalue weighted by Crippen LogP contribution is -2.21. The van der Waals surface area contributed by atoms with Crippen molar-refractivity contribution < 1.29 is 9.59 Å². The van der Waals surface area contributed by atoms with Crippen molar-refractivity contribution >= 4 is 28.9 Å². The van der Waals surface area contributed by atoms with Gasteiger partial charge < -0.3 is 16.4 Å². The number of rotatable bonds is 4. The van der Waals surface area contributed by atoms with Crippen LogP contribution in [0.3, 0.4) is 0 Å². The first-order valence-electron chi connectivity index (χ1n) is 6.52. The van der Waals surface area contributed by atoms with Crippen molar-refractivity contribution in [2.75, 3.05) is 16.4 Å².